The molecule has 1 unspecified atom stereocenters. The van der Waals surface area contributed by atoms with Crippen LogP contribution in [-0.4, -0.2) is 56.2 Å². The Bertz CT molecular complexity index is 211. The molecule has 0 aromatic rings. The van der Waals surface area contributed by atoms with Crippen LogP contribution in [0.15, 0.2) is 0 Å². The van der Waals surface area contributed by atoms with Crippen LogP contribution in [0.5, 0.6) is 0 Å². The summed E-state index contributed by atoms with van der Waals surface area (Å²) in [5, 5.41) is 3.25. The molecule has 94 valence electrons. The molecule has 5 nitrogen and oxygen atoms in total. The topological polar surface area (TPSA) is 67.6 Å². The summed E-state index contributed by atoms with van der Waals surface area (Å²) in [6, 6.07) is 0.161. The SMILES string of the molecule is CCOCCCC(=O)N1CCNCC1CN. The summed E-state index contributed by atoms with van der Waals surface area (Å²) in [5.41, 5.74) is 5.65. The summed E-state index contributed by atoms with van der Waals surface area (Å²) in [4.78, 5) is 13.8. The van der Waals surface area contributed by atoms with E-state index in [2.05, 4.69) is 5.32 Å². The van der Waals surface area contributed by atoms with E-state index in [1.54, 1.807) is 0 Å². The Morgan fingerprint density at radius 2 is 2.44 bits per heavy atom. The van der Waals surface area contributed by atoms with Crippen LogP contribution in [-0.2, 0) is 9.53 Å². The van der Waals surface area contributed by atoms with E-state index in [1.807, 2.05) is 11.8 Å². The zero-order valence-corrected chi connectivity index (χ0v) is 10.1. The molecule has 1 saturated heterocycles. The number of nitrogens with zero attached hydrogens (tertiary/aromatic N) is 1. The van der Waals surface area contributed by atoms with Gasteiger partial charge < -0.3 is 20.7 Å². The molecule has 1 amide bonds. The average Bonchev–Trinajstić information content (AvgIpc) is 2.34. The Morgan fingerprint density at radius 1 is 1.62 bits per heavy atom. The van der Waals surface area contributed by atoms with Crippen LogP contribution in [0, 0.1) is 0 Å². The first kappa shape index (κ1) is 13.4. The van der Waals surface area contributed by atoms with Crippen molar-refractivity contribution in [1.29, 1.82) is 0 Å². The van der Waals surface area contributed by atoms with Gasteiger partial charge in [-0.25, -0.2) is 0 Å². The van der Waals surface area contributed by atoms with E-state index in [4.69, 9.17) is 10.5 Å². The summed E-state index contributed by atoms with van der Waals surface area (Å²) in [7, 11) is 0. The maximum absolute atomic E-state index is 11.9. The molecule has 5 heteroatoms. The molecule has 0 bridgehead atoms. The highest BCUT2D eigenvalue weighted by molar-refractivity contribution is 5.76. The van der Waals surface area contributed by atoms with Crippen molar-refractivity contribution in [2.45, 2.75) is 25.8 Å². The van der Waals surface area contributed by atoms with Crippen LogP contribution in [0.4, 0.5) is 0 Å². The van der Waals surface area contributed by atoms with E-state index in [-0.39, 0.29) is 11.9 Å². The van der Waals surface area contributed by atoms with Gasteiger partial charge in [0, 0.05) is 45.8 Å². The first-order valence-corrected chi connectivity index (χ1v) is 6.07. The van der Waals surface area contributed by atoms with Gasteiger partial charge in [0.2, 0.25) is 5.91 Å². The van der Waals surface area contributed by atoms with Crippen LogP contribution in [0.1, 0.15) is 19.8 Å². The number of rotatable bonds is 6. The van der Waals surface area contributed by atoms with Crippen LogP contribution in [0.2, 0.25) is 0 Å². The number of amides is 1. The molecule has 1 aliphatic rings. The molecule has 0 spiro atoms. The van der Waals surface area contributed by atoms with Gasteiger partial charge in [0.15, 0.2) is 0 Å². The van der Waals surface area contributed by atoms with Gasteiger partial charge in [0.05, 0.1) is 6.04 Å². The molecule has 1 rings (SSSR count). The second-order valence-electron chi connectivity index (χ2n) is 3.98. The number of ether oxygens (including phenoxy) is 1. The zero-order valence-electron chi connectivity index (χ0n) is 10.1. The van der Waals surface area contributed by atoms with Gasteiger partial charge in [-0.1, -0.05) is 0 Å². The number of hydrogen-bond donors (Lipinski definition) is 2. The fraction of sp³-hybridized carbons (Fsp3) is 0.909. The van der Waals surface area contributed by atoms with E-state index in [1.165, 1.54) is 0 Å². The Labute approximate surface area is 97.3 Å². The van der Waals surface area contributed by atoms with Gasteiger partial charge in [0.25, 0.3) is 0 Å². The van der Waals surface area contributed by atoms with Crippen molar-refractivity contribution in [3.05, 3.63) is 0 Å². The highest BCUT2D eigenvalue weighted by atomic mass is 16.5. The van der Waals surface area contributed by atoms with Crippen LogP contribution in [0.25, 0.3) is 0 Å². The second kappa shape index (κ2) is 7.60. The lowest BCUT2D eigenvalue weighted by Crippen LogP contribution is -2.56. The van der Waals surface area contributed by atoms with Gasteiger partial charge >= 0.3 is 0 Å². The van der Waals surface area contributed by atoms with Crippen molar-refractivity contribution < 1.29 is 9.53 Å². The number of nitrogens with two attached hydrogens (primary N) is 1. The van der Waals surface area contributed by atoms with Crippen molar-refractivity contribution in [3.63, 3.8) is 0 Å². The van der Waals surface area contributed by atoms with Crippen LogP contribution in [0.3, 0.4) is 0 Å². The standard InChI is InChI=1S/C11H23N3O2/c1-2-16-7-3-4-11(15)14-6-5-13-9-10(14)8-12/h10,13H,2-9,12H2,1H3. The van der Waals surface area contributed by atoms with Crippen molar-refractivity contribution in [3.8, 4) is 0 Å². The summed E-state index contributed by atoms with van der Waals surface area (Å²) in [6.45, 7) is 6.33. The largest absolute Gasteiger partial charge is 0.382 e. The lowest BCUT2D eigenvalue weighted by molar-refractivity contribution is -0.134. The number of nitrogens with one attached hydrogen (secondary N) is 1. The maximum Gasteiger partial charge on any atom is 0.223 e. The van der Waals surface area contributed by atoms with E-state index in [0.717, 1.165) is 26.1 Å². The zero-order chi connectivity index (χ0) is 11.8. The van der Waals surface area contributed by atoms with Crippen molar-refractivity contribution in [2.24, 2.45) is 5.73 Å². The van der Waals surface area contributed by atoms with Gasteiger partial charge in [-0.3, -0.25) is 4.79 Å². The number of piperazine rings is 1. The van der Waals surface area contributed by atoms with Gasteiger partial charge in [-0.2, -0.15) is 0 Å². The minimum atomic E-state index is 0.161. The lowest BCUT2D eigenvalue weighted by atomic mass is 10.1. The summed E-state index contributed by atoms with van der Waals surface area (Å²) >= 11 is 0. The molecule has 1 aliphatic heterocycles. The summed E-state index contributed by atoms with van der Waals surface area (Å²) < 4.78 is 5.22. The third-order valence-corrected chi connectivity index (χ3v) is 2.83. The normalized spacial score (nSPS) is 21.1. The lowest BCUT2D eigenvalue weighted by Gasteiger charge is -2.35. The number of carbonyl (C=O) groups excluding carboxylic acids is 1. The Morgan fingerprint density at radius 3 is 3.12 bits per heavy atom. The third-order valence-electron chi connectivity index (χ3n) is 2.83. The Balaban J connectivity index is 2.27. The second-order valence-corrected chi connectivity index (χ2v) is 3.98. The molecular weight excluding hydrogens is 206 g/mol. The summed E-state index contributed by atoms with van der Waals surface area (Å²) in [5.74, 6) is 0.205. The van der Waals surface area contributed by atoms with Gasteiger partial charge in [-0.15, -0.1) is 0 Å². The minimum Gasteiger partial charge on any atom is -0.382 e. The molecule has 1 heterocycles. The molecule has 0 radical (unpaired) electrons. The predicted octanol–water partition coefficient (Wildman–Crippen LogP) is -0.438. The van der Waals surface area contributed by atoms with Crippen LogP contribution >= 0.6 is 0 Å². The first-order valence-electron chi connectivity index (χ1n) is 6.07. The van der Waals surface area contributed by atoms with E-state index in [9.17, 15) is 4.79 Å². The fourth-order valence-electron chi connectivity index (χ4n) is 1.91. The molecular formula is C11H23N3O2. The van der Waals surface area contributed by atoms with Crippen molar-refractivity contribution >= 4 is 5.91 Å². The van der Waals surface area contributed by atoms with E-state index in [0.29, 0.717) is 26.2 Å². The van der Waals surface area contributed by atoms with E-state index >= 15 is 0 Å². The third kappa shape index (κ3) is 4.08. The van der Waals surface area contributed by atoms with Crippen LogP contribution < -0.4 is 11.1 Å². The number of hydrogen-bond acceptors (Lipinski definition) is 4. The monoisotopic (exact) mass is 229 g/mol. The highest BCUT2D eigenvalue weighted by Gasteiger charge is 2.24. The Kier molecular flexibility index (Phi) is 6.37. The predicted molar refractivity (Wildman–Crippen MR) is 63.2 cm³/mol. The van der Waals surface area contributed by atoms with Gasteiger partial charge in [-0.05, 0) is 13.3 Å². The summed E-state index contributed by atoms with van der Waals surface area (Å²) in [6.07, 6.45) is 1.37. The quantitative estimate of drug-likeness (QED) is 0.606. The molecule has 16 heavy (non-hydrogen) atoms. The van der Waals surface area contributed by atoms with Crippen molar-refractivity contribution in [1.82, 2.24) is 10.2 Å². The van der Waals surface area contributed by atoms with Gasteiger partial charge in [0.1, 0.15) is 0 Å². The number of carbonyl (C=O) groups is 1. The molecule has 0 aromatic carbocycles. The molecule has 0 aliphatic carbocycles. The fourth-order valence-corrected chi connectivity index (χ4v) is 1.91. The maximum atomic E-state index is 11.9. The van der Waals surface area contributed by atoms with E-state index < -0.39 is 0 Å². The molecule has 0 saturated carbocycles. The minimum absolute atomic E-state index is 0.161. The molecule has 0 aromatic heterocycles. The average molecular weight is 229 g/mol. The first-order chi connectivity index (χ1) is 7.79. The Hall–Kier alpha value is -0.650. The van der Waals surface area contributed by atoms with Crippen molar-refractivity contribution in [2.75, 3.05) is 39.4 Å². The molecule has 1 atom stereocenters. The smallest absolute Gasteiger partial charge is 0.223 e. The highest BCUT2D eigenvalue weighted by Crippen LogP contribution is 2.06. The molecule has 1 fully saturated rings. The molecule has 3 N–H and O–H groups in total.